The van der Waals surface area contributed by atoms with Crippen LogP contribution in [0.15, 0.2) is 21.5 Å². The molecule has 0 unspecified atom stereocenters. The Hall–Kier alpha value is -0.460. The van der Waals surface area contributed by atoms with Gasteiger partial charge in [0.2, 0.25) is 10.0 Å². The van der Waals surface area contributed by atoms with Crippen molar-refractivity contribution < 1.29 is 12.8 Å². The van der Waals surface area contributed by atoms with Gasteiger partial charge in [-0.3, -0.25) is 0 Å². The van der Waals surface area contributed by atoms with Crippen LogP contribution >= 0.6 is 15.9 Å². The second-order valence-corrected chi connectivity index (χ2v) is 6.50. The summed E-state index contributed by atoms with van der Waals surface area (Å²) in [5.74, 6) is -0.458. The molecule has 6 heteroatoms. The van der Waals surface area contributed by atoms with Crippen molar-refractivity contribution in [2.45, 2.75) is 24.3 Å². The molecule has 3 nitrogen and oxygen atoms in total. The predicted octanol–water partition coefficient (Wildman–Crippen LogP) is 2.12. The number of fused-ring (bicyclic) bond motifs is 1. The van der Waals surface area contributed by atoms with Crippen LogP contribution < -0.4 is 4.72 Å². The predicted molar refractivity (Wildman–Crippen MR) is 57.4 cm³/mol. The van der Waals surface area contributed by atoms with Gasteiger partial charge in [-0.05, 0) is 47.5 Å². The average Bonchev–Trinajstić information content (AvgIpc) is 2.21. The van der Waals surface area contributed by atoms with Gasteiger partial charge in [0, 0.05) is 0 Å². The minimum atomic E-state index is -3.50. The third-order valence-electron chi connectivity index (χ3n) is 2.37. The maximum atomic E-state index is 13.3. The van der Waals surface area contributed by atoms with E-state index in [4.69, 9.17) is 0 Å². The van der Waals surface area contributed by atoms with Crippen LogP contribution in [0.5, 0.6) is 0 Å². The van der Waals surface area contributed by atoms with Crippen molar-refractivity contribution in [3.05, 3.63) is 28.0 Å². The highest BCUT2D eigenvalue weighted by atomic mass is 79.9. The first-order chi connectivity index (χ1) is 6.74. The highest BCUT2D eigenvalue weighted by Gasteiger charge is 2.40. The lowest BCUT2D eigenvalue weighted by molar-refractivity contribution is 0.489. The molecule has 1 aromatic rings. The maximum Gasteiger partial charge on any atom is 0.241 e. The van der Waals surface area contributed by atoms with Gasteiger partial charge in [-0.15, -0.1) is 0 Å². The van der Waals surface area contributed by atoms with E-state index in [2.05, 4.69) is 20.7 Å². The first-order valence-electron chi connectivity index (χ1n) is 4.27. The number of rotatable bonds is 0. The largest absolute Gasteiger partial charge is 0.241 e. The van der Waals surface area contributed by atoms with Crippen molar-refractivity contribution in [3.8, 4) is 0 Å². The summed E-state index contributed by atoms with van der Waals surface area (Å²) in [6.45, 7) is 3.40. The lowest BCUT2D eigenvalue weighted by Crippen LogP contribution is -2.32. The molecular formula is C9H9BrFNO2S. The van der Waals surface area contributed by atoms with Crippen LogP contribution in [0.3, 0.4) is 0 Å². The molecule has 0 atom stereocenters. The number of sulfonamides is 1. The van der Waals surface area contributed by atoms with Crippen LogP contribution in [0.4, 0.5) is 4.39 Å². The molecule has 1 aliphatic heterocycles. The standard InChI is InChI=1S/C9H9BrFNO2S/c1-9(2)5-3-7(11)6(10)4-8(5)15(13,14)12-9/h3-4,12H,1-2H3. The van der Waals surface area contributed by atoms with Crippen molar-refractivity contribution in [3.63, 3.8) is 0 Å². The smallest absolute Gasteiger partial charge is 0.207 e. The quantitative estimate of drug-likeness (QED) is 0.796. The van der Waals surface area contributed by atoms with E-state index in [0.717, 1.165) is 0 Å². The number of halogens is 2. The van der Waals surface area contributed by atoms with Gasteiger partial charge in [0.1, 0.15) is 5.82 Å². The lowest BCUT2D eigenvalue weighted by atomic mass is 9.96. The van der Waals surface area contributed by atoms with Crippen LogP contribution in [0, 0.1) is 5.82 Å². The molecule has 0 spiro atoms. The Morgan fingerprint density at radius 2 is 2.00 bits per heavy atom. The second-order valence-electron chi connectivity index (χ2n) is 3.99. The average molecular weight is 294 g/mol. The third kappa shape index (κ3) is 1.60. The summed E-state index contributed by atoms with van der Waals surface area (Å²) in [7, 11) is -3.50. The van der Waals surface area contributed by atoms with Crippen LogP contribution in [0.1, 0.15) is 19.4 Å². The van der Waals surface area contributed by atoms with Gasteiger partial charge in [-0.2, -0.15) is 0 Å². The SMILES string of the molecule is CC1(C)NS(=O)(=O)c2cc(Br)c(F)cc21. The van der Waals surface area contributed by atoms with Gasteiger partial charge in [-0.25, -0.2) is 17.5 Å². The van der Waals surface area contributed by atoms with E-state index in [1.54, 1.807) is 13.8 Å². The van der Waals surface area contributed by atoms with Crippen molar-refractivity contribution in [2.24, 2.45) is 0 Å². The molecule has 1 heterocycles. The fourth-order valence-electron chi connectivity index (χ4n) is 1.69. The minimum absolute atomic E-state index is 0.140. The lowest BCUT2D eigenvalue weighted by Gasteiger charge is -2.17. The molecule has 2 rings (SSSR count). The number of hydrogen-bond donors (Lipinski definition) is 1. The Bertz CT molecular complexity index is 539. The first-order valence-corrected chi connectivity index (χ1v) is 6.55. The summed E-state index contributed by atoms with van der Waals surface area (Å²) in [5, 5.41) is 0. The Balaban J connectivity index is 2.83. The number of hydrogen-bond acceptors (Lipinski definition) is 2. The van der Waals surface area contributed by atoms with Gasteiger partial charge >= 0.3 is 0 Å². The van der Waals surface area contributed by atoms with E-state index in [1.165, 1.54) is 12.1 Å². The summed E-state index contributed by atoms with van der Waals surface area (Å²) in [6, 6.07) is 2.54. The van der Waals surface area contributed by atoms with Gasteiger partial charge in [0.05, 0.1) is 14.9 Å². The number of benzene rings is 1. The van der Waals surface area contributed by atoms with E-state index < -0.39 is 21.4 Å². The van der Waals surface area contributed by atoms with Gasteiger partial charge in [0.25, 0.3) is 0 Å². The Morgan fingerprint density at radius 3 is 2.60 bits per heavy atom. The van der Waals surface area contributed by atoms with Gasteiger partial charge in [0.15, 0.2) is 0 Å². The molecule has 0 saturated carbocycles. The van der Waals surface area contributed by atoms with Crippen LogP contribution in [0.25, 0.3) is 0 Å². The zero-order chi connectivity index (χ0) is 11.4. The van der Waals surface area contributed by atoms with E-state index in [1.807, 2.05) is 0 Å². The Labute approximate surface area is 95.9 Å². The molecule has 0 fully saturated rings. The Morgan fingerprint density at radius 1 is 1.40 bits per heavy atom. The van der Waals surface area contributed by atoms with Crippen LogP contribution in [-0.4, -0.2) is 8.42 Å². The van der Waals surface area contributed by atoms with E-state index >= 15 is 0 Å². The zero-order valence-corrected chi connectivity index (χ0v) is 10.5. The summed E-state index contributed by atoms with van der Waals surface area (Å²) < 4.78 is 39.3. The van der Waals surface area contributed by atoms with Crippen molar-refractivity contribution in [2.75, 3.05) is 0 Å². The zero-order valence-electron chi connectivity index (χ0n) is 8.14. The molecule has 1 N–H and O–H groups in total. The van der Waals surface area contributed by atoms with Crippen molar-refractivity contribution >= 4 is 26.0 Å². The van der Waals surface area contributed by atoms with E-state index in [9.17, 15) is 12.8 Å². The molecule has 0 aromatic heterocycles. The van der Waals surface area contributed by atoms with Crippen molar-refractivity contribution in [1.82, 2.24) is 4.72 Å². The number of nitrogens with one attached hydrogen (secondary N) is 1. The summed E-state index contributed by atoms with van der Waals surface area (Å²) >= 11 is 2.97. The highest BCUT2D eigenvalue weighted by Crippen LogP contribution is 2.37. The van der Waals surface area contributed by atoms with Crippen LogP contribution in [0.2, 0.25) is 0 Å². The fraction of sp³-hybridized carbons (Fsp3) is 0.333. The van der Waals surface area contributed by atoms with E-state index in [0.29, 0.717) is 5.56 Å². The first kappa shape index (κ1) is 11.0. The summed E-state index contributed by atoms with van der Waals surface area (Å²) in [4.78, 5) is 0.140. The molecule has 0 amide bonds. The molecule has 0 aliphatic carbocycles. The molecule has 82 valence electrons. The normalized spacial score (nSPS) is 21.3. The fourth-order valence-corrected chi connectivity index (χ4v) is 3.95. The van der Waals surface area contributed by atoms with Crippen LogP contribution in [-0.2, 0) is 15.6 Å². The van der Waals surface area contributed by atoms with Gasteiger partial charge < -0.3 is 0 Å². The molecular weight excluding hydrogens is 285 g/mol. The molecule has 15 heavy (non-hydrogen) atoms. The molecule has 0 saturated heterocycles. The Kier molecular flexibility index (Phi) is 2.22. The van der Waals surface area contributed by atoms with Crippen molar-refractivity contribution in [1.29, 1.82) is 0 Å². The van der Waals surface area contributed by atoms with Gasteiger partial charge in [-0.1, -0.05) is 0 Å². The highest BCUT2D eigenvalue weighted by molar-refractivity contribution is 9.10. The minimum Gasteiger partial charge on any atom is -0.207 e. The summed E-state index contributed by atoms with van der Waals surface area (Å²) in [6.07, 6.45) is 0. The maximum absolute atomic E-state index is 13.3. The molecule has 0 radical (unpaired) electrons. The molecule has 0 bridgehead atoms. The van der Waals surface area contributed by atoms with E-state index in [-0.39, 0.29) is 9.37 Å². The third-order valence-corrected chi connectivity index (χ3v) is 4.68. The topological polar surface area (TPSA) is 46.2 Å². The molecule has 1 aromatic carbocycles. The molecule has 1 aliphatic rings. The second kappa shape index (κ2) is 3.02. The monoisotopic (exact) mass is 293 g/mol. The summed E-state index contributed by atoms with van der Waals surface area (Å²) in [5.41, 5.74) is -0.293.